The second-order valence-corrected chi connectivity index (χ2v) is 12.4. The van der Waals surface area contributed by atoms with E-state index in [2.05, 4.69) is 16.0 Å². The third-order valence-electron chi connectivity index (χ3n) is 4.95. The summed E-state index contributed by atoms with van der Waals surface area (Å²) in [6.07, 6.45) is -2.05. The van der Waals surface area contributed by atoms with Crippen molar-refractivity contribution in [2.45, 2.75) is 91.6 Å². The summed E-state index contributed by atoms with van der Waals surface area (Å²) in [5.74, 6) is -1.11. The van der Waals surface area contributed by atoms with Gasteiger partial charge in [0.05, 0.1) is 7.11 Å². The highest BCUT2D eigenvalue weighted by molar-refractivity contribution is 5.96. The Labute approximate surface area is 247 Å². The third kappa shape index (κ3) is 15.1. The number of carbonyl (C=O) groups is 5. The van der Waals surface area contributed by atoms with Gasteiger partial charge in [-0.1, -0.05) is 12.1 Å². The van der Waals surface area contributed by atoms with E-state index in [1.807, 2.05) is 0 Å². The molecule has 42 heavy (non-hydrogen) atoms. The smallest absolute Gasteiger partial charge is 0.408 e. The van der Waals surface area contributed by atoms with Crippen LogP contribution in [0.25, 0.3) is 0 Å². The Balaban J connectivity index is 3.06. The van der Waals surface area contributed by atoms with Crippen LogP contribution in [0, 0.1) is 0 Å². The molecular formula is C29H46N4O9. The van der Waals surface area contributed by atoms with E-state index in [4.69, 9.17) is 18.9 Å². The molecule has 1 rings (SSSR count). The van der Waals surface area contributed by atoms with Crippen LogP contribution >= 0.6 is 0 Å². The molecule has 0 aliphatic heterocycles. The Hall–Kier alpha value is -4.03. The number of rotatable bonds is 10. The monoisotopic (exact) mass is 594 g/mol. The first-order valence-electron chi connectivity index (χ1n) is 13.6. The van der Waals surface area contributed by atoms with E-state index in [1.54, 1.807) is 86.6 Å². The molecule has 13 nitrogen and oxygen atoms in total. The van der Waals surface area contributed by atoms with E-state index in [-0.39, 0.29) is 26.1 Å². The van der Waals surface area contributed by atoms with Crippen molar-refractivity contribution < 1.29 is 42.9 Å². The molecular weight excluding hydrogens is 548 g/mol. The molecule has 4 amide bonds. The fraction of sp³-hybridized carbons (Fsp3) is 0.621. The highest BCUT2D eigenvalue weighted by Gasteiger charge is 2.26. The van der Waals surface area contributed by atoms with Crippen molar-refractivity contribution in [2.75, 3.05) is 31.6 Å². The van der Waals surface area contributed by atoms with Crippen LogP contribution in [0.3, 0.4) is 0 Å². The second-order valence-electron chi connectivity index (χ2n) is 12.4. The maximum Gasteiger partial charge on any atom is 0.408 e. The molecule has 0 bridgehead atoms. The molecule has 0 saturated carbocycles. The molecule has 0 aliphatic rings. The lowest BCUT2D eigenvalue weighted by atomic mass is 10.1. The Morgan fingerprint density at radius 2 is 1.21 bits per heavy atom. The molecule has 1 aromatic rings. The molecule has 0 aromatic heterocycles. The largest absolute Gasteiger partial charge is 0.467 e. The van der Waals surface area contributed by atoms with Gasteiger partial charge in [-0.15, -0.1) is 0 Å². The number of amides is 4. The third-order valence-corrected chi connectivity index (χ3v) is 4.95. The topological polar surface area (TPSA) is 162 Å². The first kappa shape index (κ1) is 36.0. The molecule has 236 valence electrons. The van der Waals surface area contributed by atoms with Gasteiger partial charge < -0.3 is 39.8 Å². The molecule has 0 unspecified atom stereocenters. The molecule has 13 heteroatoms. The number of benzene rings is 1. The summed E-state index contributed by atoms with van der Waals surface area (Å²) in [4.78, 5) is 63.3. The zero-order chi connectivity index (χ0) is 32.3. The van der Waals surface area contributed by atoms with Gasteiger partial charge in [0.2, 0.25) is 5.91 Å². The van der Waals surface area contributed by atoms with Crippen LogP contribution in [0.4, 0.5) is 20.1 Å². The number of anilines is 1. The summed E-state index contributed by atoms with van der Waals surface area (Å²) in [6, 6.07) is 5.66. The summed E-state index contributed by atoms with van der Waals surface area (Å²) >= 11 is 0. The first-order chi connectivity index (χ1) is 19.2. The lowest BCUT2D eigenvalue weighted by Gasteiger charge is -2.25. The molecule has 1 atom stereocenters. The summed E-state index contributed by atoms with van der Waals surface area (Å²) in [5, 5.41) is 7.57. The average molecular weight is 595 g/mol. The lowest BCUT2D eigenvalue weighted by Crippen LogP contribution is -2.45. The minimum Gasteiger partial charge on any atom is -0.467 e. The van der Waals surface area contributed by atoms with Crippen molar-refractivity contribution in [3.63, 3.8) is 0 Å². The van der Waals surface area contributed by atoms with E-state index in [1.165, 1.54) is 12.0 Å². The van der Waals surface area contributed by atoms with Crippen LogP contribution in [0.15, 0.2) is 24.3 Å². The number of hydrogen-bond donors (Lipinski definition) is 3. The van der Waals surface area contributed by atoms with Crippen LogP contribution in [-0.2, 0) is 35.0 Å². The van der Waals surface area contributed by atoms with E-state index in [9.17, 15) is 24.0 Å². The summed E-state index contributed by atoms with van der Waals surface area (Å²) in [6.45, 7) is 15.2. The van der Waals surface area contributed by atoms with Gasteiger partial charge in [0.15, 0.2) is 0 Å². The molecule has 0 saturated heterocycles. The molecule has 0 spiro atoms. The average Bonchev–Trinajstić information content (AvgIpc) is 2.81. The molecule has 0 radical (unpaired) electrons. The van der Waals surface area contributed by atoms with Crippen LogP contribution in [0.2, 0.25) is 0 Å². The van der Waals surface area contributed by atoms with Gasteiger partial charge in [0.1, 0.15) is 29.4 Å². The van der Waals surface area contributed by atoms with Crippen molar-refractivity contribution in [2.24, 2.45) is 0 Å². The van der Waals surface area contributed by atoms with Gasteiger partial charge in [0, 0.05) is 25.2 Å². The molecule has 0 fully saturated rings. The SMILES string of the molecule is COC(=O)[C@H](Cc1ccc(N(CCNC(=O)OC(C)(C)C)C(=O)CNC(=O)OC(C)(C)C)cc1)NC(=O)OC(C)(C)C. The predicted octanol–water partition coefficient (Wildman–Crippen LogP) is 3.68. The van der Waals surface area contributed by atoms with E-state index in [0.29, 0.717) is 11.3 Å². The van der Waals surface area contributed by atoms with Crippen LogP contribution in [-0.4, -0.2) is 79.7 Å². The normalized spacial score (nSPS) is 12.3. The van der Waals surface area contributed by atoms with Crippen LogP contribution < -0.4 is 20.9 Å². The Kier molecular flexibility index (Phi) is 13.1. The number of carbonyl (C=O) groups excluding carboxylic acids is 5. The van der Waals surface area contributed by atoms with E-state index in [0.717, 1.165) is 0 Å². The number of ether oxygens (including phenoxy) is 4. The minimum atomic E-state index is -1.01. The minimum absolute atomic E-state index is 0.0679. The highest BCUT2D eigenvalue weighted by Crippen LogP contribution is 2.18. The molecule has 0 aliphatic carbocycles. The summed E-state index contributed by atoms with van der Waals surface area (Å²) < 4.78 is 20.5. The molecule has 0 heterocycles. The Bertz CT molecular complexity index is 1080. The predicted molar refractivity (Wildman–Crippen MR) is 156 cm³/mol. The number of esters is 1. The van der Waals surface area contributed by atoms with Gasteiger partial charge in [-0.3, -0.25) is 4.79 Å². The van der Waals surface area contributed by atoms with E-state index >= 15 is 0 Å². The van der Waals surface area contributed by atoms with Gasteiger partial charge in [-0.25, -0.2) is 19.2 Å². The van der Waals surface area contributed by atoms with Crippen molar-refractivity contribution >= 4 is 35.8 Å². The molecule has 3 N–H and O–H groups in total. The second kappa shape index (κ2) is 15.3. The standard InChI is InChI=1S/C29H46N4O9/c1-27(2,3)40-24(36)30-15-16-33(22(34)18-31-25(37)41-28(4,5)6)20-13-11-19(12-14-20)17-21(23(35)39-10)32-26(38)42-29(7,8)9/h11-14,21H,15-18H2,1-10H3,(H,30,36)(H,31,37)(H,32,38)/t21-/m0/s1. The Morgan fingerprint density at radius 1 is 0.738 bits per heavy atom. The van der Waals surface area contributed by atoms with Crippen molar-refractivity contribution in [1.29, 1.82) is 0 Å². The zero-order valence-electron chi connectivity index (χ0n) is 26.3. The van der Waals surface area contributed by atoms with Crippen LogP contribution in [0.1, 0.15) is 67.9 Å². The van der Waals surface area contributed by atoms with Gasteiger partial charge in [-0.05, 0) is 80.0 Å². The molecule has 1 aromatic carbocycles. The maximum atomic E-state index is 13.1. The van der Waals surface area contributed by atoms with E-state index < -0.39 is 53.0 Å². The number of alkyl carbamates (subject to hydrolysis) is 3. The summed E-state index contributed by atoms with van der Waals surface area (Å²) in [7, 11) is 1.22. The maximum absolute atomic E-state index is 13.1. The number of hydrogen-bond acceptors (Lipinski definition) is 9. The fourth-order valence-corrected chi connectivity index (χ4v) is 3.37. The fourth-order valence-electron chi connectivity index (χ4n) is 3.37. The highest BCUT2D eigenvalue weighted by atomic mass is 16.6. The van der Waals surface area contributed by atoms with Crippen molar-refractivity contribution in [3.8, 4) is 0 Å². The Morgan fingerprint density at radius 3 is 1.69 bits per heavy atom. The first-order valence-corrected chi connectivity index (χ1v) is 13.6. The van der Waals surface area contributed by atoms with Gasteiger partial charge in [0.25, 0.3) is 0 Å². The van der Waals surface area contributed by atoms with Crippen molar-refractivity contribution in [1.82, 2.24) is 16.0 Å². The number of nitrogens with one attached hydrogen (secondary N) is 3. The van der Waals surface area contributed by atoms with Crippen LogP contribution in [0.5, 0.6) is 0 Å². The number of nitrogens with zero attached hydrogens (tertiary/aromatic N) is 1. The van der Waals surface area contributed by atoms with Gasteiger partial charge in [-0.2, -0.15) is 0 Å². The lowest BCUT2D eigenvalue weighted by molar-refractivity contribution is -0.143. The van der Waals surface area contributed by atoms with Crippen molar-refractivity contribution in [3.05, 3.63) is 29.8 Å². The zero-order valence-corrected chi connectivity index (χ0v) is 26.3. The van der Waals surface area contributed by atoms with Gasteiger partial charge >= 0.3 is 24.2 Å². The quantitative estimate of drug-likeness (QED) is 0.271. The summed E-state index contributed by atoms with van der Waals surface area (Å²) in [5.41, 5.74) is -1.04. The number of methoxy groups -OCH3 is 1.